The van der Waals surface area contributed by atoms with Gasteiger partial charge in [-0.3, -0.25) is 0 Å². The monoisotopic (exact) mass is 295 g/mol. The van der Waals surface area contributed by atoms with Crippen molar-refractivity contribution < 1.29 is 12.8 Å². The zero-order valence-corrected chi connectivity index (χ0v) is 13.3. The zero-order valence-electron chi connectivity index (χ0n) is 12.5. The summed E-state index contributed by atoms with van der Waals surface area (Å²) in [5, 5.41) is 4.06. The van der Waals surface area contributed by atoms with Gasteiger partial charge in [0.05, 0.1) is 10.8 Å². The van der Waals surface area contributed by atoms with Gasteiger partial charge in [0.1, 0.15) is 11.3 Å². The van der Waals surface area contributed by atoms with Crippen molar-refractivity contribution in [2.75, 3.05) is 13.3 Å². The van der Waals surface area contributed by atoms with Crippen molar-refractivity contribution in [2.24, 2.45) is 0 Å². The Balaban J connectivity index is 2.55. The highest BCUT2D eigenvalue weighted by molar-refractivity contribution is 7.92. The van der Waals surface area contributed by atoms with E-state index in [4.69, 9.17) is 4.42 Å². The molecule has 0 saturated heterocycles. The lowest BCUT2D eigenvalue weighted by Gasteiger charge is -2.30. The molecule has 2 rings (SSSR count). The molecule has 1 atom stereocenters. The molecule has 0 bridgehead atoms. The Morgan fingerprint density at radius 3 is 2.45 bits per heavy atom. The normalized spacial score (nSPS) is 14.7. The van der Waals surface area contributed by atoms with Gasteiger partial charge in [-0.15, -0.1) is 0 Å². The highest BCUT2D eigenvalue weighted by Gasteiger charge is 2.41. The van der Waals surface area contributed by atoms with Gasteiger partial charge in [-0.25, -0.2) is 8.42 Å². The summed E-state index contributed by atoms with van der Waals surface area (Å²) < 4.78 is 28.9. The van der Waals surface area contributed by atoms with E-state index in [9.17, 15) is 8.42 Å². The fourth-order valence-electron chi connectivity index (χ4n) is 2.37. The van der Waals surface area contributed by atoms with Crippen LogP contribution < -0.4 is 5.32 Å². The Kier molecular flexibility index (Phi) is 3.69. The van der Waals surface area contributed by atoms with Crippen molar-refractivity contribution in [2.45, 2.75) is 31.6 Å². The Bertz CT molecular complexity index is 729. The van der Waals surface area contributed by atoms with Crippen LogP contribution in [0.15, 0.2) is 28.7 Å². The lowest BCUT2D eigenvalue weighted by molar-refractivity contribution is 0.380. The fourth-order valence-corrected chi connectivity index (χ4v) is 3.03. The van der Waals surface area contributed by atoms with Gasteiger partial charge in [0.2, 0.25) is 0 Å². The average Bonchev–Trinajstić information content (AvgIpc) is 2.70. The maximum absolute atomic E-state index is 12.0. The fraction of sp³-hybridized carbons (Fsp3) is 0.467. The maximum Gasteiger partial charge on any atom is 0.154 e. The standard InChI is InChI=1S/C15H21NO3S/c1-10-6-7-12-11(8-10)9-13(19-12)14(16-4)15(2,3)20(5,17)18/h6-9,14,16H,1-5H3. The molecule has 4 nitrogen and oxygen atoms in total. The molecule has 1 aromatic heterocycles. The molecular formula is C15H21NO3S. The van der Waals surface area contributed by atoms with E-state index in [1.807, 2.05) is 31.2 Å². The molecule has 5 heteroatoms. The Morgan fingerprint density at radius 1 is 1.25 bits per heavy atom. The van der Waals surface area contributed by atoms with Crippen molar-refractivity contribution >= 4 is 20.8 Å². The number of furan rings is 1. The molecule has 2 aromatic rings. The summed E-state index contributed by atoms with van der Waals surface area (Å²) in [6.07, 6.45) is 1.25. The topological polar surface area (TPSA) is 59.3 Å². The number of hydrogen-bond acceptors (Lipinski definition) is 4. The highest BCUT2D eigenvalue weighted by atomic mass is 32.2. The zero-order chi connectivity index (χ0) is 15.1. The predicted molar refractivity (Wildman–Crippen MR) is 81.7 cm³/mol. The van der Waals surface area contributed by atoms with Gasteiger partial charge >= 0.3 is 0 Å². The second-order valence-corrected chi connectivity index (χ2v) is 8.38. The van der Waals surface area contributed by atoms with E-state index in [-0.39, 0.29) is 0 Å². The summed E-state index contributed by atoms with van der Waals surface area (Å²) in [5.74, 6) is 0.642. The largest absolute Gasteiger partial charge is 0.459 e. The van der Waals surface area contributed by atoms with Crippen LogP contribution in [-0.4, -0.2) is 26.5 Å². The SMILES string of the molecule is CNC(c1cc2cc(C)ccc2o1)C(C)(C)S(C)(=O)=O. The molecule has 0 spiro atoms. The van der Waals surface area contributed by atoms with Gasteiger partial charge in [-0.1, -0.05) is 11.6 Å². The third kappa shape index (κ3) is 2.47. The minimum absolute atomic E-state index is 0.398. The Hall–Kier alpha value is -1.33. The average molecular weight is 295 g/mol. The van der Waals surface area contributed by atoms with Crippen LogP contribution in [0.4, 0.5) is 0 Å². The smallest absolute Gasteiger partial charge is 0.154 e. The number of sulfone groups is 1. The van der Waals surface area contributed by atoms with E-state index in [1.54, 1.807) is 20.9 Å². The predicted octanol–water partition coefficient (Wildman–Crippen LogP) is 2.82. The van der Waals surface area contributed by atoms with Crippen molar-refractivity contribution in [3.8, 4) is 0 Å². The number of fused-ring (bicyclic) bond motifs is 1. The number of hydrogen-bond donors (Lipinski definition) is 1. The molecule has 0 aliphatic rings. The van der Waals surface area contributed by atoms with Crippen molar-refractivity contribution in [3.63, 3.8) is 0 Å². The lowest BCUT2D eigenvalue weighted by Crippen LogP contribution is -2.43. The molecule has 0 saturated carbocycles. The summed E-state index contributed by atoms with van der Waals surface area (Å²) >= 11 is 0. The summed E-state index contributed by atoms with van der Waals surface area (Å²) in [6.45, 7) is 5.44. The second-order valence-electron chi connectivity index (χ2n) is 5.79. The summed E-state index contributed by atoms with van der Waals surface area (Å²) in [6, 6.07) is 7.43. The molecule has 0 radical (unpaired) electrons. The van der Waals surface area contributed by atoms with E-state index >= 15 is 0 Å². The number of aryl methyl sites for hydroxylation is 1. The van der Waals surface area contributed by atoms with Gasteiger partial charge < -0.3 is 9.73 Å². The van der Waals surface area contributed by atoms with Gasteiger partial charge in [0, 0.05) is 11.6 Å². The van der Waals surface area contributed by atoms with Crippen LogP contribution in [0.5, 0.6) is 0 Å². The lowest BCUT2D eigenvalue weighted by atomic mass is 10.0. The van der Waals surface area contributed by atoms with E-state index < -0.39 is 20.6 Å². The first-order chi connectivity index (χ1) is 9.16. The molecule has 0 aliphatic carbocycles. The molecule has 0 fully saturated rings. The maximum atomic E-state index is 12.0. The molecule has 20 heavy (non-hydrogen) atoms. The number of rotatable bonds is 4. The van der Waals surface area contributed by atoms with Crippen molar-refractivity contribution in [1.82, 2.24) is 5.32 Å². The third-order valence-electron chi connectivity index (χ3n) is 3.91. The van der Waals surface area contributed by atoms with Crippen molar-refractivity contribution in [1.29, 1.82) is 0 Å². The first kappa shape index (κ1) is 15.1. The third-order valence-corrected chi connectivity index (χ3v) is 6.06. The quantitative estimate of drug-likeness (QED) is 0.942. The molecule has 0 aliphatic heterocycles. The first-order valence-electron chi connectivity index (χ1n) is 6.54. The van der Waals surface area contributed by atoms with Crippen LogP contribution in [0.25, 0.3) is 11.0 Å². The van der Waals surface area contributed by atoms with Crippen molar-refractivity contribution in [3.05, 3.63) is 35.6 Å². The van der Waals surface area contributed by atoms with E-state index in [0.29, 0.717) is 5.76 Å². The number of nitrogens with one attached hydrogen (secondary N) is 1. The molecule has 1 aromatic carbocycles. The van der Waals surface area contributed by atoms with Gasteiger partial charge in [0.15, 0.2) is 9.84 Å². The van der Waals surface area contributed by atoms with E-state index in [2.05, 4.69) is 5.32 Å². The van der Waals surface area contributed by atoms with Crippen LogP contribution in [0.1, 0.15) is 31.2 Å². The minimum atomic E-state index is -3.23. The van der Waals surface area contributed by atoms with Crippen LogP contribution in [0.3, 0.4) is 0 Å². The summed E-state index contributed by atoms with van der Waals surface area (Å²) in [7, 11) is -1.48. The second kappa shape index (κ2) is 4.90. The molecule has 110 valence electrons. The summed E-state index contributed by atoms with van der Waals surface area (Å²) in [5.41, 5.74) is 1.92. The van der Waals surface area contributed by atoms with Gasteiger partial charge in [-0.2, -0.15) is 0 Å². The molecule has 1 N–H and O–H groups in total. The van der Waals surface area contributed by atoms with Crippen LogP contribution in [-0.2, 0) is 9.84 Å². The van der Waals surface area contributed by atoms with Gasteiger partial charge in [0.25, 0.3) is 0 Å². The Morgan fingerprint density at radius 2 is 1.90 bits per heavy atom. The van der Waals surface area contributed by atoms with Crippen LogP contribution >= 0.6 is 0 Å². The number of benzene rings is 1. The molecule has 0 amide bonds. The van der Waals surface area contributed by atoms with Crippen LogP contribution in [0, 0.1) is 6.92 Å². The van der Waals surface area contributed by atoms with E-state index in [1.165, 1.54) is 6.26 Å². The highest BCUT2D eigenvalue weighted by Crippen LogP contribution is 2.35. The first-order valence-corrected chi connectivity index (χ1v) is 8.43. The molecule has 1 heterocycles. The van der Waals surface area contributed by atoms with E-state index in [0.717, 1.165) is 16.5 Å². The minimum Gasteiger partial charge on any atom is -0.459 e. The van der Waals surface area contributed by atoms with Crippen LogP contribution in [0.2, 0.25) is 0 Å². The molecule has 1 unspecified atom stereocenters. The Labute approximate surface area is 120 Å². The summed E-state index contributed by atoms with van der Waals surface area (Å²) in [4.78, 5) is 0. The molecular weight excluding hydrogens is 274 g/mol. The van der Waals surface area contributed by atoms with Gasteiger partial charge in [-0.05, 0) is 46.0 Å².